The van der Waals surface area contributed by atoms with Crippen molar-refractivity contribution in [2.24, 2.45) is 0 Å². The van der Waals surface area contributed by atoms with Crippen LogP contribution in [0.25, 0.3) is 0 Å². The van der Waals surface area contributed by atoms with E-state index in [9.17, 15) is 9.59 Å². The van der Waals surface area contributed by atoms with Gasteiger partial charge in [-0.05, 0) is 68.5 Å². The first kappa shape index (κ1) is 25.2. The zero-order chi connectivity index (χ0) is 23.7. The summed E-state index contributed by atoms with van der Waals surface area (Å²) < 4.78 is 11.1. The molecular weight excluding hydrogens is 404 g/mol. The topological polar surface area (TPSA) is 67.9 Å². The SMILES string of the molecule is CCC(C)NC(=O)C(CC)N(Cc1ccc(OC)cc1)C(=O)COc1cc(C)ccc1C. The molecule has 0 spiro atoms. The number of methoxy groups -OCH3 is 1. The molecular formula is C26H36N2O4. The minimum absolute atomic E-state index is 0.0423. The third-order valence-corrected chi connectivity index (χ3v) is 5.59. The van der Waals surface area contributed by atoms with Crippen molar-refractivity contribution >= 4 is 11.8 Å². The lowest BCUT2D eigenvalue weighted by atomic mass is 10.1. The van der Waals surface area contributed by atoms with Gasteiger partial charge in [-0.2, -0.15) is 0 Å². The number of ether oxygens (including phenoxy) is 2. The monoisotopic (exact) mass is 440 g/mol. The van der Waals surface area contributed by atoms with E-state index in [0.29, 0.717) is 18.7 Å². The molecule has 6 heteroatoms. The Morgan fingerprint density at radius 3 is 2.31 bits per heavy atom. The first-order chi connectivity index (χ1) is 15.3. The predicted octanol–water partition coefficient (Wildman–Crippen LogP) is 4.41. The fourth-order valence-electron chi connectivity index (χ4n) is 3.37. The Balaban J connectivity index is 2.24. The Hall–Kier alpha value is -3.02. The van der Waals surface area contributed by atoms with Gasteiger partial charge >= 0.3 is 0 Å². The molecule has 0 fully saturated rings. The molecule has 0 saturated heterocycles. The standard InChI is InChI=1S/C26H36N2O4/c1-7-20(5)27-26(30)23(8-2)28(16-21-11-13-22(31-6)14-12-21)25(29)17-32-24-15-18(3)9-10-19(24)4/h9-15,20,23H,7-8,16-17H2,1-6H3,(H,27,30). The van der Waals surface area contributed by atoms with Crippen LogP contribution >= 0.6 is 0 Å². The first-order valence-corrected chi connectivity index (χ1v) is 11.2. The van der Waals surface area contributed by atoms with Crippen molar-refractivity contribution in [2.45, 2.75) is 66.1 Å². The summed E-state index contributed by atoms with van der Waals surface area (Å²) in [4.78, 5) is 27.9. The second-order valence-electron chi connectivity index (χ2n) is 8.17. The van der Waals surface area contributed by atoms with Crippen LogP contribution in [-0.4, -0.2) is 42.5 Å². The van der Waals surface area contributed by atoms with E-state index in [1.165, 1.54) is 0 Å². The number of carbonyl (C=O) groups excluding carboxylic acids is 2. The molecule has 0 radical (unpaired) electrons. The van der Waals surface area contributed by atoms with Crippen molar-refractivity contribution in [3.63, 3.8) is 0 Å². The molecule has 6 nitrogen and oxygen atoms in total. The predicted molar refractivity (Wildman–Crippen MR) is 127 cm³/mol. The molecule has 0 aliphatic rings. The molecule has 0 aliphatic carbocycles. The molecule has 0 aromatic heterocycles. The van der Waals surface area contributed by atoms with E-state index >= 15 is 0 Å². The highest BCUT2D eigenvalue weighted by Gasteiger charge is 2.29. The zero-order valence-electron chi connectivity index (χ0n) is 20.1. The smallest absolute Gasteiger partial charge is 0.261 e. The second-order valence-corrected chi connectivity index (χ2v) is 8.17. The van der Waals surface area contributed by atoms with Crippen LogP contribution in [0.3, 0.4) is 0 Å². The van der Waals surface area contributed by atoms with Gasteiger partial charge in [-0.25, -0.2) is 0 Å². The maximum absolute atomic E-state index is 13.3. The van der Waals surface area contributed by atoms with Crippen LogP contribution in [0.2, 0.25) is 0 Å². The molecule has 2 aromatic rings. The Bertz CT molecular complexity index is 895. The quantitative estimate of drug-likeness (QED) is 0.562. The van der Waals surface area contributed by atoms with E-state index in [4.69, 9.17) is 9.47 Å². The van der Waals surface area contributed by atoms with Gasteiger partial charge in [0, 0.05) is 12.6 Å². The lowest BCUT2D eigenvalue weighted by Crippen LogP contribution is -2.51. The van der Waals surface area contributed by atoms with Gasteiger partial charge in [-0.3, -0.25) is 9.59 Å². The average molecular weight is 441 g/mol. The Morgan fingerprint density at radius 2 is 1.72 bits per heavy atom. The number of carbonyl (C=O) groups is 2. The number of nitrogens with zero attached hydrogens (tertiary/aromatic N) is 1. The van der Waals surface area contributed by atoms with Gasteiger partial charge in [0.25, 0.3) is 5.91 Å². The molecule has 32 heavy (non-hydrogen) atoms. The number of amides is 2. The highest BCUT2D eigenvalue weighted by atomic mass is 16.5. The van der Waals surface area contributed by atoms with E-state index in [1.54, 1.807) is 12.0 Å². The molecule has 2 unspecified atom stereocenters. The number of hydrogen-bond acceptors (Lipinski definition) is 4. The minimum Gasteiger partial charge on any atom is -0.497 e. The summed E-state index contributed by atoms with van der Waals surface area (Å²) in [6, 6.07) is 12.9. The van der Waals surface area contributed by atoms with Crippen LogP contribution in [-0.2, 0) is 16.1 Å². The largest absolute Gasteiger partial charge is 0.497 e. The molecule has 2 rings (SSSR count). The molecule has 2 amide bonds. The molecule has 0 heterocycles. The summed E-state index contributed by atoms with van der Waals surface area (Å²) in [6.45, 7) is 10.0. The number of benzene rings is 2. The summed E-state index contributed by atoms with van der Waals surface area (Å²) in [6.07, 6.45) is 1.33. The van der Waals surface area contributed by atoms with Crippen LogP contribution < -0.4 is 14.8 Å². The molecule has 174 valence electrons. The fourth-order valence-corrected chi connectivity index (χ4v) is 3.37. The summed E-state index contributed by atoms with van der Waals surface area (Å²) in [5, 5.41) is 3.02. The van der Waals surface area contributed by atoms with Crippen LogP contribution in [0.15, 0.2) is 42.5 Å². The summed E-state index contributed by atoms with van der Waals surface area (Å²) in [7, 11) is 1.61. The van der Waals surface area contributed by atoms with E-state index in [-0.39, 0.29) is 24.5 Å². The molecule has 0 saturated carbocycles. The van der Waals surface area contributed by atoms with Crippen molar-refractivity contribution in [1.29, 1.82) is 0 Å². The first-order valence-electron chi connectivity index (χ1n) is 11.2. The lowest BCUT2D eigenvalue weighted by molar-refractivity contribution is -0.143. The van der Waals surface area contributed by atoms with Gasteiger partial charge in [-0.1, -0.05) is 38.1 Å². The molecule has 2 aromatic carbocycles. The molecule has 0 aliphatic heterocycles. The molecule has 2 atom stereocenters. The maximum atomic E-state index is 13.3. The molecule has 0 bridgehead atoms. The fraction of sp³-hybridized carbons (Fsp3) is 0.462. The van der Waals surface area contributed by atoms with Crippen molar-refractivity contribution < 1.29 is 19.1 Å². The van der Waals surface area contributed by atoms with Crippen molar-refractivity contribution in [3.8, 4) is 11.5 Å². The van der Waals surface area contributed by atoms with Crippen LogP contribution in [0.1, 0.15) is 50.3 Å². The van der Waals surface area contributed by atoms with E-state index in [1.807, 2.05) is 77.1 Å². The van der Waals surface area contributed by atoms with Crippen molar-refractivity contribution in [1.82, 2.24) is 10.2 Å². The third-order valence-electron chi connectivity index (χ3n) is 5.59. The number of hydrogen-bond donors (Lipinski definition) is 1. The maximum Gasteiger partial charge on any atom is 0.261 e. The third kappa shape index (κ3) is 7.01. The highest BCUT2D eigenvalue weighted by Crippen LogP contribution is 2.20. The van der Waals surface area contributed by atoms with Crippen LogP contribution in [0, 0.1) is 13.8 Å². The van der Waals surface area contributed by atoms with Gasteiger partial charge in [0.1, 0.15) is 17.5 Å². The number of rotatable bonds is 11. The zero-order valence-corrected chi connectivity index (χ0v) is 20.1. The molecule has 1 N–H and O–H groups in total. The summed E-state index contributed by atoms with van der Waals surface area (Å²) in [5.74, 6) is 1.05. The minimum atomic E-state index is -0.583. The number of aryl methyl sites for hydroxylation is 2. The number of nitrogens with one attached hydrogen (secondary N) is 1. The van der Waals surface area contributed by atoms with Crippen LogP contribution in [0.5, 0.6) is 11.5 Å². The van der Waals surface area contributed by atoms with Gasteiger partial charge in [0.05, 0.1) is 7.11 Å². The highest BCUT2D eigenvalue weighted by molar-refractivity contribution is 5.88. The Morgan fingerprint density at radius 1 is 1.03 bits per heavy atom. The van der Waals surface area contributed by atoms with E-state index in [0.717, 1.165) is 28.9 Å². The lowest BCUT2D eigenvalue weighted by Gasteiger charge is -2.31. The second kappa shape index (κ2) is 12.1. The summed E-state index contributed by atoms with van der Waals surface area (Å²) in [5.41, 5.74) is 2.94. The van der Waals surface area contributed by atoms with Crippen LogP contribution in [0.4, 0.5) is 0 Å². The van der Waals surface area contributed by atoms with Gasteiger partial charge in [-0.15, -0.1) is 0 Å². The van der Waals surface area contributed by atoms with Gasteiger partial charge in [0.15, 0.2) is 6.61 Å². The van der Waals surface area contributed by atoms with E-state index < -0.39 is 6.04 Å². The Labute approximate surface area is 191 Å². The van der Waals surface area contributed by atoms with Crippen molar-refractivity contribution in [3.05, 3.63) is 59.2 Å². The van der Waals surface area contributed by atoms with E-state index in [2.05, 4.69) is 5.32 Å². The summed E-state index contributed by atoms with van der Waals surface area (Å²) >= 11 is 0. The normalized spacial score (nSPS) is 12.6. The van der Waals surface area contributed by atoms with Gasteiger partial charge < -0.3 is 19.7 Å². The Kier molecular flexibility index (Phi) is 9.57. The average Bonchev–Trinajstić information content (AvgIpc) is 2.79. The van der Waals surface area contributed by atoms with Gasteiger partial charge in [0.2, 0.25) is 5.91 Å². The van der Waals surface area contributed by atoms with Crippen molar-refractivity contribution in [2.75, 3.05) is 13.7 Å².